The highest BCUT2D eigenvalue weighted by molar-refractivity contribution is 6.31. The smallest absolute Gasteiger partial charge is 0.251 e. The van der Waals surface area contributed by atoms with Gasteiger partial charge < -0.3 is 19.7 Å². The van der Waals surface area contributed by atoms with Crippen molar-refractivity contribution < 1.29 is 14.3 Å². The summed E-state index contributed by atoms with van der Waals surface area (Å²) in [5, 5.41) is 3.83. The molecular weight excluding hydrogens is 400 g/mol. The number of ether oxygens (including phenoxy) is 2. The van der Waals surface area contributed by atoms with Gasteiger partial charge in [0.1, 0.15) is 6.61 Å². The van der Waals surface area contributed by atoms with Crippen molar-refractivity contribution in [1.29, 1.82) is 0 Å². The van der Waals surface area contributed by atoms with E-state index in [2.05, 4.69) is 17.1 Å². The first-order valence-electron chi connectivity index (χ1n) is 10.7. The molecule has 2 aromatic rings. The molecule has 6 heteroatoms. The van der Waals surface area contributed by atoms with Crippen LogP contribution in [0.4, 0.5) is 0 Å². The molecule has 1 fully saturated rings. The summed E-state index contributed by atoms with van der Waals surface area (Å²) in [7, 11) is 1.57. The largest absolute Gasteiger partial charge is 0.493 e. The molecule has 0 atom stereocenters. The number of benzene rings is 2. The monoisotopic (exact) mass is 430 g/mol. The van der Waals surface area contributed by atoms with Gasteiger partial charge in [-0.1, -0.05) is 43.1 Å². The van der Waals surface area contributed by atoms with Gasteiger partial charge in [-0.15, -0.1) is 0 Å². The summed E-state index contributed by atoms with van der Waals surface area (Å²) >= 11 is 6.19. The number of unbranched alkanes of at least 4 members (excludes halogenated alkanes) is 1. The summed E-state index contributed by atoms with van der Waals surface area (Å²) in [6.07, 6.45) is 4.44. The molecule has 1 N–H and O–H groups in total. The van der Waals surface area contributed by atoms with Gasteiger partial charge in [0.15, 0.2) is 11.5 Å². The van der Waals surface area contributed by atoms with E-state index >= 15 is 0 Å². The van der Waals surface area contributed by atoms with Crippen molar-refractivity contribution in [2.75, 3.05) is 26.7 Å². The third kappa shape index (κ3) is 6.13. The zero-order chi connectivity index (χ0) is 21.3. The van der Waals surface area contributed by atoms with E-state index in [1.807, 2.05) is 24.3 Å². The fourth-order valence-corrected chi connectivity index (χ4v) is 3.84. The topological polar surface area (TPSA) is 50.8 Å². The number of rotatable bonds is 9. The number of methoxy groups -OCH3 is 1. The Kier molecular flexibility index (Phi) is 8.40. The van der Waals surface area contributed by atoms with Crippen molar-refractivity contribution in [3.63, 3.8) is 0 Å². The summed E-state index contributed by atoms with van der Waals surface area (Å²) in [6, 6.07) is 13.1. The number of nitrogens with zero attached hydrogens (tertiary/aromatic N) is 1. The zero-order valence-electron chi connectivity index (χ0n) is 17.8. The van der Waals surface area contributed by atoms with E-state index in [0.717, 1.165) is 38.0 Å². The third-order valence-electron chi connectivity index (χ3n) is 5.52. The second-order valence-corrected chi connectivity index (χ2v) is 8.10. The van der Waals surface area contributed by atoms with Crippen LogP contribution >= 0.6 is 11.6 Å². The Morgan fingerprint density at radius 2 is 1.93 bits per heavy atom. The number of halogens is 1. The molecule has 0 bridgehead atoms. The number of likely N-dealkylation sites (tertiary alicyclic amines) is 1. The zero-order valence-corrected chi connectivity index (χ0v) is 18.6. The molecule has 1 heterocycles. The second-order valence-electron chi connectivity index (χ2n) is 7.69. The Hall–Kier alpha value is -2.24. The highest BCUT2D eigenvalue weighted by Gasteiger charge is 2.21. The highest BCUT2D eigenvalue weighted by Crippen LogP contribution is 2.29. The molecule has 0 spiro atoms. The Bertz CT molecular complexity index is 835. The molecule has 1 aliphatic heterocycles. The first kappa shape index (κ1) is 22.4. The standard InChI is InChI=1S/C24H31ClN2O3/c1-3-4-13-27-14-11-20(12-15-27)26-24(28)18-9-10-22(23(16-18)29-2)30-17-19-7-5-6-8-21(19)25/h5-10,16,20H,3-4,11-15,17H2,1-2H3,(H,26,28). The highest BCUT2D eigenvalue weighted by atomic mass is 35.5. The summed E-state index contributed by atoms with van der Waals surface area (Å²) in [5.41, 5.74) is 1.47. The molecule has 1 saturated heterocycles. The molecule has 1 aliphatic rings. The number of hydrogen-bond donors (Lipinski definition) is 1. The van der Waals surface area contributed by atoms with Crippen molar-refractivity contribution in [2.24, 2.45) is 0 Å². The number of amides is 1. The lowest BCUT2D eigenvalue weighted by atomic mass is 10.0. The van der Waals surface area contributed by atoms with Crippen LogP contribution < -0.4 is 14.8 Å². The number of carbonyl (C=O) groups excluding carboxylic acids is 1. The molecular formula is C24H31ClN2O3. The van der Waals surface area contributed by atoms with Gasteiger partial charge in [-0.25, -0.2) is 0 Å². The minimum absolute atomic E-state index is 0.0713. The number of piperidine rings is 1. The van der Waals surface area contributed by atoms with E-state index in [4.69, 9.17) is 21.1 Å². The van der Waals surface area contributed by atoms with Gasteiger partial charge in [0, 0.05) is 35.3 Å². The average molecular weight is 431 g/mol. The SMILES string of the molecule is CCCCN1CCC(NC(=O)c2ccc(OCc3ccccc3Cl)c(OC)c2)CC1. The van der Waals surface area contributed by atoms with Crippen molar-refractivity contribution in [1.82, 2.24) is 10.2 Å². The molecule has 3 rings (SSSR count). The maximum absolute atomic E-state index is 12.7. The van der Waals surface area contributed by atoms with E-state index < -0.39 is 0 Å². The Labute approximate surface area is 184 Å². The molecule has 162 valence electrons. The predicted octanol–water partition coefficient (Wildman–Crippen LogP) is 4.92. The Morgan fingerprint density at radius 3 is 2.63 bits per heavy atom. The summed E-state index contributed by atoms with van der Waals surface area (Å²) in [4.78, 5) is 15.2. The van der Waals surface area contributed by atoms with Crippen LogP contribution in [0.3, 0.4) is 0 Å². The fraction of sp³-hybridized carbons (Fsp3) is 0.458. The molecule has 2 aromatic carbocycles. The normalized spacial score (nSPS) is 15.0. The third-order valence-corrected chi connectivity index (χ3v) is 5.89. The van der Waals surface area contributed by atoms with Crippen molar-refractivity contribution >= 4 is 17.5 Å². The lowest BCUT2D eigenvalue weighted by Gasteiger charge is -2.32. The molecule has 0 aromatic heterocycles. The van der Waals surface area contributed by atoms with Gasteiger partial charge >= 0.3 is 0 Å². The minimum atomic E-state index is -0.0713. The van der Waals surface area contributed by atoms with Crippen LogP contribution in [0.15, 0.2) is 42.5 Å². The van der Waals surface area contributed by atoms with E-state index in [1.54, 1.807) is 25.3 Å². The maximum atomic E-state index is 12.7. The van der Waals surface area contributed by atoms with Crippen LogP contribution in [0.2, 0.25) is 5.02 Å². The summed E-state index contributed by atoms with van der Waals surface area (Å²) in [6.45, 7) is 5.79. The van der Waals surface area contributed by atoms with Crippen LogP contribution in [0.25, 0.3) is 0 Å². The maximum Gasteiger partial charge on any atom is 0.251 e. The minimum Gasteiger partial charge on any atom is -0.493 e. The Morgan fingerprint density at radius 1 is 1.17 bits per heavy atom. The van der Waals surface area contributed by atoms with Gasteiger partial charge in [-0.2, -0.15) is 0 Å². The first-order chi connectivity index (χ1) is 14.6. The Balaban J connectivity index is 1.56. The van der Waals surface area contributed by atoms with Gasteiger partial charge in [0.25, 0.3) is 5.91 Å². The van der Waals surface area contributed by atoms with Crippen LogP contribution in [0, 0.1) is 0 Å². The lowest BCUT2D eigenvalue weighted by Crippen LogP contribution is -2.44. The predicted molar refractivity (Wildman–Crippen MR) is 121 cm³/mol. The molecule has 0 radical (unpaired) electrons. The fourth-order valence-electron chi connectivity index (χ4n) is 3.65. The van der Waals surface area contributed by atoms with Gasteiger partial charge in [-0.05, 0) is 50.1 Å². The number of hydrogen-bond acceptors (Lipinski definition) is 4. The van der Waals surface area contributed by atoms with Crippen LogP contribution in [0.5, 0.6) is 11.5 Å². The first-order valence-corrected chi connectivity index (χ1v) is 11.1. The van der Waals surface area contributed by atoms with Crippen molar-refractivity contribution in [3.05, 3.63) is 58.6 Å². The number of nitrogens with one attached hydrogen (secondary N) is 1. The van der Waals surface area contributed by atoms with Gasteiger partial charge in [0.05, 0.1) is 7.11 Å². The lowest BCUT2D eigenvalue weighted by molar-refractivity contribution is 0.0910. The van der Waals surface area contributed by atoms with E-state index in [-0.39, 0.29) is 11.9 Å². The molecule has 1 amide bonds. The number of carbonyl (C=O) groups is 1. The van der Waals surface area contributed by atoms with Crippen molar-refractivity contribution in [2.45, 2.75) is 45.3 Å². The summed E-state index contributed by atoms with van der Waals surface area (Å²) < 4.78 is 11.3. The summed E-state index contributed by atoms with van der Waals surface area (Å²) in [5.74, 6) is 1.04. The van der Waals surface area contributed by atoms with Crippen LogP contribution in [-0.2, 0) is 6.61 Å². The molecule has 0 saturated carbocycles. The van der Waals surface area contributed by atoms with Gasteiger partial charge in [-0.3, -0.25) is 4.79 Å². The molecule has 5 nitrogen and oxygen atoms in total. The van der Waals surface area contributed by atoms with E-state index in [0.29, 0.717) is 28.7 Å². The van der Waals surface area contributed by atoms with E-state index in [1.165, 1.54) is 12.8 Å². The van der Waals surface area contributed by atoms with Crippen molar-refractivity contribution in [3.8, 4) is 11.5 Å². The average Bonchev–Trinajstić information content (AvgIpc) is 2.78. The van der Waals surface area contributed by atoms with Gasteiger partial charge in [0.2, 0.25) is 0 Å². The quantitative estimate of drug-likeness (QED) is 0.613. The van der Waals surface area contributed by atoms with Crippen LogP contribution in [0.1, 0.15) is 48.5 Å². The molecule has 0 aliphatic carbocycles. The van der Waals surface area contributed by atoms with E-state index in [9.17, 15) is 4.79 Å². The van der Waals surface area contributed by atoms with Crippen LogP contribution in [-0.4, -0.2) is 43.6 Å². The molecule has 0 unspecified atom stereocenters. The second kappa shape index (κ2) is 11.2. The molecule has 30 heavy (non-hydrogen) atoms.